The van der Waals surface area contributed by atoms with Gasteiger partial charge in [0.25, 0.3) is 0 Å². The van der Waals surface area contributed by atoms with Crippen molar-refractivity contribution in [3.63, 3.8) is 0 Å². The maximum Gasteiger partial charge on any atom is 0.308 e. The third-order valence-corrected chi connectivity index (χ3v) is 3.62. The van der Waals surface area contributed by atoms with Crippen LogP contribution >= 0.6 is 0 Å². The van der Waals surface area contributed by atoms with Gasteiger partial charge in [0.15, 0.2) is 0 Å². The first-order chi connectivity index (χ1) is 6.43. The first-order valence-electron chi connectivity index (χ1n) is 5.36. The van der Waals surface area contributed by atoms with Crippen LogP contribution in [0.25, 0.3) is 0 Å². The maximum absolute atomic E-state index is 11.1. The van der Waals surface area contributed by atoms with Crippen LogP contribution in [0.15, 0.2) is 0 Å². The summed E-state index contributed by atoms with van der Waals surface area (Å²) in [4.78, 5) is 13.2. The second-order valence-electron chi connectivity index (χ2n) is 4.86. The molecule has 3 atom stereocenters. The highest BCUT2D eigenvalue weighted by Gasteiger charge is 2.36. The first-order valence-corrected chi connectivity index (χ1v) is 5.36. The van der Waals surface area contributed by atoms with Gasteiger partial charge in [0.05, 0.1) is 5.92 Å². The molecule has 1 saturated heterocycles. The van der Waals surface area contributed by atoms with Crippen molar-refractivity contribution < 1.29 is 9.90 Å². The maximum atomic E-state index is 11.1. The lowest BCUT2D eigenvalue weighted by Crippen LogP contribution is -2.48. The summed E-state index contributed by atoms with van der Waals surface area (Å²) >= 11 is 0. The summed E-state index contributed by atoms with van der Waals surface area (Å²) in [6.07, 6.45) is 0.832. The second-order valence-corrected chi connectivity index (χ2v) is 4.86. The van der Waals surface area contributed by atoms with E-state index in [2.05, 4.69) is 18.7 Å². The summed E-state index contributed by atoms with van der Waals surface area (Å²) in [5, 5.41) is 9.10. The molecule has 0 aromatic rings. The zero-order chi connectivity index (χ0) is 10.9. The van der Waals surface area contributed by atoms with Crippen LogP contribution in [0.2, 0.25) is 0 Å². The zero-order valence-electron chi connectivity index (χ0n) is 9.53. The van der Waals surface area contributed by atoms with E-state index in [1.54, 1.807) is 0 Å². The number of likely N-dealkylation sites (tertiary alicyclic amines) is 1. The fraction of sp³-hybridized carbons (Fsp3) is 0.909. The Kier molecular flexibility index (Phi) is 3.53. The van der Waals surface area contributed by atoms with Gasteiger partial charge in [-0.15, -0.1) is 0 Å². The number of rotatable bonds is 2. The second kappa shape index (κ2) is 4.30. The molecule has 0 bridgehead atoms. The number of carbonyl (C=O) groups is 1. The molecule has 1 fully saturated rings. The van der Waals surface area contributed by atoms with Gasteiger partial charge < -0.3 is 10.0 Å². The Morgan fingerprint density at radius 2 is 2.07 bits per heavy atom. The topological polar surface area (TPSA) is 40.5 Å². The summed E-state index contributed by atoms with van der Waals surface area (Å²) in [5.41, 5.74) is 0. The average Bonchev–Trinajstić information content (AvgIpc) is 2.08. The predicted molar refractivity (Wildman–Crippen MR) is 56.2 cm³/mol. The number of hydrogen-bond acceptors (Lipinski definition) is 2. The lowest BCUT2D eigenvalue weighted by molar-refractivity contribution is -0.146. The molecule has 0 radical (unpaired) electrons. The Balaban J connectivity index is 2.71. The van der Waals surface area contributed by atoms with Crippen LogP contribution in [0.1, 0.15) is 27.2 Å². The van der Waals surface area contributed by atoms with E-state index in [9.17, 15) is 4.79 Å². The normalized spacial score (nSPS) is 34.8. The van der Waals surface area contributed by atoms with Gasteiger partial charge in [-0.25, -0.2) is 0 Å². The van der Waals surface area contributed by atoms with Crippen LogP contribution in [0.3, 0.4) is 0 Å². The Morgan fingerprint density at radius 1 is 1.50 bits per heavy atom. The molecule has 1 heterocycles. The van der Waals surface area contributed by atoms with E-state index in [0.29, 0.717) is 11.8 Å². The van der Waals surface area contributed by atoms with Crippen molar-refractivity contribution in [3.05, 3.63) is 0 Å². The van der Waals surface area contributed by atoms with Crippen molar-refractivity contribution >= 4 is 5.97 Å². The van der Waals surface area contributed by atoms with Crippen molar-refractivity contribution in [2.24, 2.45) is 17.8 Å². The van der Waals surface area contributed by atoms with Crippen molar-refractivity contribution in [2.45, 2.75) is 33.2 Å². The average molecular weight is 199 g/mol. The predicted octanol–water partition coefficient (Wildman–Crippen LogP) is 1.68. The van der Waals surface area contributed by atoms with Crippen LogP contribution < -0.4 is 0 Å². The first kappa shape index (κ1) is 11.5. The molecule has 3 unspecified atom stereocenters. The van der Waals surface area contributed by atoms with E-state index >= 15 is 0 Å². The van der Waals surface area contributed by atoms with Gasteiger partial charge in [0, 0.05) is 12.6 Å². The lowest BCUT2D eigenvalue weighted by atomic mass is 9.79. The number of carboxylic acid groups (broad SMARTS) is 1. The van der Waals surface area contributed by atoms with Gasteiger partial charge >= 0.3 is 5.97 Å². The SMILES string of the molecule is CC(C)C1CC(C(=O)O)C(C)N(C)C1. The smallest absolute Gasteiger partial charge is 0.308 e. The van der Waals surface area contributed by atoms with Crippen LogP contribution in [0, 0.1) is 17.8 Å². The molecular formula is C11H21NO2. The lowest BCUT2D eigenvalue weighted by Gasteiger charge is -2.41. The number of aliphatic carboxylic acids is 1. The summed E-state index contributed by atoms with van der Waals surface area (Å²) < 4.78 is 0. The summed E-state index contributed by atoms with van der Waals surface area (Å²) in [6.45, 7) is 7.39. The standard InChI is InChI=1S/C11H21NO2/c1-7(2)9-5-10(11(13)14)8(3)12(4)6-9/h7-10H,5-6H2,1-4H3,(H,13,14). The van der Waals surface area contributed by atoms with Crippen LogP contribution in [0.5, 0.6) is 0 Å². The minimum absolute atomic E-state index is 0.169. The Labute approximate surface area is 86.1 Å². The quantitative estimate of drug-likeness (QED) is 0.735. The molecule has 3 heteroatoms. The molecular weight excluding hydrogens is 178 g/mol. The van der Waals surface area contributed by atoms with Crippen LogP contribution in [-0.2, 0) is 4.79 Å². The number of hydrogen-bond donors (Lipinski definition) is 1. The highest BCUT2D eigenvalue weighted by molar-refractivity contribution is 5.71. The molecule has 0 aromatic carbocycles. The molecule has 1 aliphatic heterocycles. The van der Waals surface area contributed by atoms with Gasteiger partial charge in [-0.05, 0) is 32.2 Å². The molecule has 0 aliphatic carbocycles. The fourth-order valence-electron chi connectivity index (χ4n) is 2.23. The highest BCUT2D eigenvalue weighted by Crippen LogP contribution is 2.30. The fourth-order valence-corrected chi connectivity index (χ4v) is 2.23. The van der Waals surface area contributed by atoms with Crippen molar-refractivity contribution in [1.29, 1.82) is 0 Å². The van der Waals surface area contributed by atoms with Gasteiger partial charge in [-0.3, -0.25) is 4.79 Å². The zero-order valence-corrected chi connectivity index (χ0v) is 9.53. The summed E-state index contributed by atoms with van der Waals surface area (Å²) in [5.74, 6) is 0.264. The number of carboxylic acids is 1. The minimum Gasteiger partial charge on any atom is -0.481 e. The highest BCUT2D eigenvalue weighted by atomic mass is 16.4. The van der Waals surface area contributed by atoms with Crippen molar-refractivity contribution in [2.75, 3.05) is 13.6 Å². The molecule has 1 aliphatic rings. The van der Waals surface area contributed by atoms with E-state index < -0.39 is 5.97 Å². The summed E-state index contributed by atoms with van der Waals surface area (Å²) in [6, 6.07) is 0.169. The van der Waals surface area contributed by atoms with Gasteiger partial charge in [0.1, 0.15) is 0 Å². The van der Waals surface area contributed by atoms with Crippen LogP contribution in [0.4, 0.5) is 0 Å². The molecule has 0 aromatic heterocycles. The molecule has 0 spiro atoms. The molecule has 0 amide bonds. The van der Waals surface area contributed by atoms with E-state index in [1.165, 1.54) is 0 Å². The summed E-state index contributed by atoms with van der Waals surface area (Å²) in [7, 11) is 2.02. The van der Waals surface area contributed by atoms with E-state index in [4.69, 9.17) is 5.11 Å². The van der Waals surface area contributed by atoms with Crippen molar-refractivity contribution in [3.8, 4) is 0 Å². The third kappa shape index (κ3) is 2.27. The molecule has 0 saturated carbocycles. The number of piperidine rings is 1. The van der Waals surface area contributed by atoms with Gasteiger partial charge in [-0.1, -0.05) is 13.8 Å². The van der Waals surface area contributed by atoms with Crippen molar-refractivity contribution in [1.82, 2.24) is 4.90 Å². The molecule has 3 nitrogen and oxygen atoms in total. The Bertz CT molecular complexity index is 215. The molecule has 82 valence electrons. The van der Waals surface area contributed by atoms with E-state index in [-0.39, 0.29) is 12.0 Å². The van der Waals surface area contributed by atoms with E-state index in [1.807, 2.05) is 14.0 Å². The molecule has 14 heavy (non-hydrogen) atoms. The van der Waals surface area contributed by atoms with E-state index in [0.717, 1.165) is 13.0 Å². The third-order valence-electron chi connectivity index (χ3n) is 3.62. The van der Waals surface area contributed by atoms with Gasteiger partial charge in [0.2, 0.25) is 0 Å². The monoisotopic (exact) mass is 199 g/mol. The Hall–Kier alpha value is -0.570. The molecule has 1 N–H and O–H groups in total. The number of nitrogens with zero attached hydrogens (tertiary/aromatic N) is 1. The Morgan fingerprint density at radius 3 is 2.50 bits per heavy atom. The largest absolute Gasteiger partial charge is 0.481 e. The van der Waals surface area contributed by atoms with Gasteiger partial charge in [-0.2, -0.15) is 0 Å². The minimum atomic E-state index is -0.644. The van der Waals surface area contributed by atoms with Crippen LogP contribution in [-0.4, -0.2) is 35.6 Å². The molecule has 1 rings (SSSR count).